The fourth-order valence-electron chi connectivity index (χ4n) is 2.10. The van der Waals surface area contributed by atoms with Crippen molar-refractivity contribution in [3.05, 3.63) is 52.1 Å². The van der Waals surface area contributed by atoms with Crippen LogP contribution in [0.4, 0.5) is 5.69 Å². The number of rotatable bonds is 1. The van der Waals surface area contributed by atoms with Crippen molar-refractivity contribution in [2.24, 2.45) is 0 Å². The Morgan fingerprint density at radius 1 is 1.06 bits per heavy atom. The minimum atomic E-state index is -0.308. The number of nitro groups is 1. The molecule has 2 rings (SSSR count). The van der Waals surface area contributed by atoms with Crippen LogP contribution in [0.2, 0.25) is 0 Å². The minimum Gasteiger partial charge on any atom is -0.258 e. The summed E-state index contributed by atoms with van der Waals surface area (Å²) in [4.78, 5) is 10.8. The monoisotopic (exact) mass is 229 g/mol. The van der Waals surface area contributed by atoms with Crippen LogP contribution >= 0.6 is 0 Å². The van der Waals surface area contributed by atoms with Crippen molar-refractivity contribution in [3.63, 3.8) is 0 Å². The van der Waals surface area contributed by atoms with E-state index in [9.17, 15) is 10.1 Å². The van der Waals surface area contributed by atoms with E-state index in [0.717, 1.165) is 16.3 Å². The molecule has 0 fully saturated rings. The molecule has 0 aliphatic rings. The van der Waals surface area contributed by atoms with Gasteiger partial charge in [0.1, 0.15) is 0 Å². The molecule has 0 atom stereocenters. The van der Waals surface area contributed by atoms with Gasteiger partial charge in [0, 0.05) is 6.07 Å². The predicted molar refractivity (Wildman–Crippen MR) is 69.3 cm³/mol. The van der Waals surface area contributed by atoms with Crippen LogP contribution in [0, 0.1) is 10.1 Å². The number of nitrogens with zero attached hydrogens (tertiary/aromatic N) is 1. The Morgan fingerprint density at radius 2 is 1.65 bits per heavy atom. The van der Waals surface area contributed by atoms with Crippen LogP contribution in [0.1, 0.15) is 26.3 Å². The van der Waals surface area contributed by atoms with E-state index in [2.05, 4.69) is 20.8 Å². The summed E-state index contributed by atoms with van der Waals surface area (Å²) in [6, 6.07) is 11.0. The molecule has 0 aliphatic heterocycles. The Bertz CT molecular complexity index is 577. The summed E-state index contributed by atoms with van der Waals surface area (Å²) in [5.74, 6) is 0. The summed E-state index contributed by atoms with van der Waals surface area (Å²) in [5.41, 5.74) is 1.10. The highest BCUT2D eigenvalue weighted by atomic mass is 16.6. The van der Waals surface area contributed by atoms with Gasteiger partial charge in [-0.15, -0.1) is 0 Å². The highest BCUT2D eigenvalue weighted by molar-refractivity contribution is 5.94. The second-order valence-electron chi connectivity index (χ2n) is 5.19. The lowest BCUT2D eigenvalue weighted by atomic mass is 9.83. The van der Waals surface area contributed by atoms with E-state index in [1.165, 1.54) is 0 Å². The van der Waals surface area contributed by atoms with Gasteiger partial charge < -0.3 is 0 Å². The largest absolute Gasteiger partial charge is 0.277 e. The van der Waals surface area contributed by atoms with Gasteiger partial charge in [0.25, 0.3) is 5.69 Å². The summed E-state index contributed by atoms with van der Waals surface area (Å²) in [6.07, 6.45) is 0. The first-order chi connectivity index (χ1) is 7.91. The highest BCUT2D eigenvalue weighted by Crippen LogP contribution is 2.35. The quantitative estimate of drug-likeness (QED) is 0.547. The molecule has 17 heavy (non-hydrogen) atoms. The first-order valence-corrected chi connectivity index (χ1v) is 5.58. The SMILES string of the molecule is CC(C)(C)c1cccc2cccc([N+](=O)[O-])c12. The van der Waals surface area contributed by atoms with E-state index < -0.39 is 0 Å². The Kier molecular flexibility index (Phi) is 2.62. The zero-order valence-corrected chi connectivity index (χ0v) is 10.2. The number of nitro benzene ring substituents is 1. The average molecular weight is 229 g/mol. The molecule has 3 heteroatoms. The summed E-state index contributed by atoms with van der Waals surface area (Å²) >= 11 is 0. The molecular weight excluding hydrogens is 214 g/mol. The zero-order valence-electron chi connectivity index (χ0n) is 10.2. The molecule has 0 saturated carbocycles. The number of hydrogen-bond acceptors (Lipinski definition) is 2. The van der Waals surface area contributed by atoms with Gasteiger partial charge >= 0.3 is 0 Å². The van der Waals surface area contributed by atoms with Gasteiger partial charge in [0.15, 0.2) is 0 Å². The lowest BCUT2D eigenvalue weighted by molar-refractivity contribution is -0.383. The Labute approximate surface area is 100 Å². The van der Waals surface area contributed by atoms with E-state index in [4.69, 9.17) is 0 Å². The van der Waals surface area contributed by atoms with Crippen molar-refractivity contribution in [2.75, 3.05) is 0 Å². The van der Waals surface area contributed by atoms with Crippen LogP contribution in [-0.2, 0) is 5.41 Å². The van der Waals surface area contributed by atoms with Gasteiger partial charge in [-0.25, -0.2) is 0 Å². The predicted octanol–water partition coefficient (Wildman–Crippen LogP) is 4.05. The van der Waals surface area contributed by atoms with Gasteiger partial charge in [-0.05, 0) is 16.4 Å². The number of hydrogen-bond donors (Lipinski definition) is 0. The Hall–Kier alpha value is -1.90. The third kappa shape index (κ3) is 2.00. The van der Waals surface area contributed by atoms with Gasteiger partial charge in [-0.1, -0.05) is 51.1 Å². The summed E-state index contributed by atoms with van der Waals surface area (Å²) in [5, 5.41) is 12.8. The molecule has 3 nitrogen and oxygen atoms in total. The maximum Gasteiger partial charge on any atom is 0.277 e. The van der Waals surface area contributed by atoms with Crippen LogP contribution in [0.25, 0.3) is 10.8 Å². The van der Waals surface area contributed by atoms with Crippen molar-refractivity contribution in [3.8, 4) is 0 Å². The van der Waals surface area contributed by atoms with Crippen molar-refractivity contribution >= 4 is 16.5 Å². The van der Waals surface area contributed by atoms with Crippen molar-refractivity contribution < 1.29 is 4.92 Å². The summed E-state index contributed by atoms with van der Waals surface area (Å²) in [6.45, 7) is 6.20. The fraction of sp³-hybridized carbons (Fsp3) is 0.286. The van der Waals surface area contributed by atoms with E-state index in [-0.39, 0.29) is 16.0 Å². The molecule has 0 saturated heterocycles. The third-order valence-corrected chi connectivity index (χ3v) is 2.89. The molecule has 2 aromatic rings. The fourth-order valence-corrected chi connectivity index (χ4v) is 2.10. The molecule has 0 amide bonds. The molecule has 0 aromatic heterocycles. The normalized spacial score (nSPS) is 11.7. The van der Waals surface area contributed by atoms with Crippen molar-refractivity contribution in [1.82, 2.24) is 0 Å². The number of benzene rings is 2. The molecule has 0 heterocycles. The molecule has 0 spiro atoms. The first-order valence-electron chi connectivity index (χ1n) is 5.58. The van der Waals surface area contributed by atoms with E-state index >= 15 is 0 Å². The molecule has 0 radical (unpaired) electrons. The zero-order chi connectivity index (χ0) is 12.6. The summed E-state index contributed by atoms with van der Waals surface area (Å²) < 4.78 is 0. The minimum absolute atomic E-state index is 0.106. The van der Waals surface area contributed by atoms with Crippen LogP contribution in [0.15, 0.2) is 36.4 Å². The van der Waals surface area contributed by atoms with E-state index in [0.29, 0.717) is 0 Å². The maximum atomic E-state index is 11.1. The van der Waals surface area contributed by atoms with Crippen molar-refractivity contribution in [1.29, 1.82) is 0 Å². The molecule has 0 bridgehead atoms. The molecule has 2 aromatic carbocycles. The highest BCUT2D eigenvalue weighted by Gasteiger charge is 2.22. The summed E-state index contributed by atoms with van der Waals surface area (Å²) in [7, 11) is 0. The molecule has 0 unspecified atom stereocenters. The van der Waals surface area contributed by atoms with Crippen LogP contribution in [0.3, 0.4) is 0 Å². The van der Waals surface area contributed by atoms with Crippen LogP contribution in [-0.4, -0.2) is 4.92 Å². The number of fused-ring (bicyclic) bond motifs is 1. The third-order valence-electron chi connectivity index (χ3n) is 2.89. The van der Waals surface area contributed by atoms with Gasteiger partial charge in [-0.3, -0.25) is 10.1 Å². The topological polar surface area (TPSA) is 43.1 Å². The van der Waals surface area contributed by atoms with Gasteiger partial charge in [0.2, 0.25) is 0 Å². The maximum absolute atomic E-state index is 11.1. The van der Waals surface area contributed by atoms with Crippen molar-refractivity contribution in [2.45, 2.75) is 26.2 Å². The number of non-ortho nitro benzene ring substituents is 1. The first kappa shape index (κ1) is 11.6. The van der Waals surface area contributed by atoms with Gasteiger partial charge in [-0.2, -0.15) is 0 Å². The lowest BCUT2D eigenvalue weighted by Gasteiger charge is -2.21. The average Bonchev–Trinajstić information content (AvgIpc) is 2.26. The Balaban J connectivity index is 2.90. The Morgan fingerprint density at radius 3 is 2.18 bits per heavy atom. The molecule has 0 aliphatic carbocycles. The van der Waals surface area contributed by atoms with Gasteiger partial charge in [0.05, 0.1) is 10.3 Å². The second kappa shape index (κ2) is 3.84. The lowest BCUT2D eigenvalue weighted by Crippen LogP contribution is -2.12. The van der Waals surface area contributed by atoms with Crippen LogP contribution < -0.4 is 0 Å². The smallest absolute Gasteiger partial charge is 0.258 e. The molecule has 0 N–H and O–H groups in total. The van der Waals surface area contributed by atoms with E-state index in [1.807, 2.05) is 24.3 Å². The van der Waals surface area contributed by atoms with E-state index in [1.54, 1.807) is 12.1 Å². The van der Waals surface area contributed by atoms with Crippen LogP contribution in [0.5, 0.6) is 0 Å². The standard InChI is InChI=1S/C14H15NO2/c1-14(2,3)11-8-4-6-10-7-5-9-12(13(10)11)15(16)17/h4-9H,1-3H3. The second-order valence-corrected chi connectivity index (χ2v) is 5.19. The molecular formula is C14H15NO2. The molecule has 88 valence electrons.